The zero-order chi connectivity index (χ0) is 22.2. The van der Waals surface area contributed by atoms with Crippen LogP contribution < -0.4 is 10.9 Å². The van der Waals surface area contributed by atoms with Crippen LogP contribution in [0.2, 0.25) is 5.02 Å². The van der Waals surface area contributed by atoms with Crippen LogP contribution in [0.15, 0.2) is 83.9 Å². The van der Waals surface area contributed by atoms with Crippen LogP contribution in [-0.4, -0.2) is 25.1 Å². The fraction of sp³-hybridized carbons (Fsp3) is 0.0833. The van der Waals surface area contributed by atoms with Crippen molar-refractivity contribution in [2.24, 2.45) is 0 Å². The number of hydrogen-bond acceptors (Lipinski definition) is 4. The van der Waals surface area contributed by atoms with Gasteiger partial charge >= 0.3 is 0 Å². The van der Waals surface area contributed by atoms with E-state index in [-0.39, 0.29) is 11.5 Å². The van der Waals surface area contributed by atoms with Crippen molar-refractivity contribution in [3.63, 3.8) is 0 Å². The molecule has 0 unspecified atom stereocenters. The molecule has 0 bridgehead atoms. The topological polar surface area (TPSA) is 81.3 Å². The zero-order valence-electron chi connectivity index (χ0n) is 17.1. The molecule has 0 aliphatic heterocycles. The van der Waals surface area contributed by atoms with E-state index >= 15 is 0 Å². The smallest absolute Gasteiger partial charge is 0.272 e. The number of aromatic nitrogens is 4. The number of carbonyl (C=O) groups is 1. The van der Waals surface area contributed by atoms with Gasteiger partial charge in [-0.25, -0.2) is 9.50 Å². The highest BCUT2D eigenvalue weighted by Crippen LogP contribution is 2.25. The Hall–Kier alpha value is -3.97. The highest BCUT2D eigenvalue weighted by molar-refractivity contribution is 6.35. The number of amides is 1. The van der Waals surface area contributed by atoms with Gasteiger partial charge in [-0.3, -0.25) is 14.2 Å². The van der Waals surface area contributed by atoms with Crippen LogP contribution in [0.25, 0.3) is 22.1 Å². The van der Waals surface area contributed by atoms with Gasteiger partial charge in [0.2, 0.25) is 0 Å². The van der Waals surface area contributed by atoms with Gasteiger partial charge in [0, 0.05) is 17.6 Å². The van der Waals surface area contributed by atoms with Crippen LogP contribution in [0.5, 0.6) is 0 Å². The summed E-state index contributed by atoms with van der Waals surface area (Å²) in [6.45, 7) is 1.83. The van der Waals surface area contributed by atoms with E-state index in [0.29, 0.717) is 38.5 Å². The molecular formula is C24H18ClN5O2. The molecule has 32 heavy (non-hydrogen) atoms. The van der Waals surface area contributed by atoms with Crippen molar-refractivity contribution in [1.82, 2.24) is 24.5 Å². The molecule has 0 aliphatic rings. The van der Waals surface area contributed by atoms with Crippen molar-refractivity contribution in [3.05, 3.63) is 106 Å². The first-order chi connectivity index (χ1) is 15.5. The molecule has 1 atom stereocenters. The number of nitrogens with one attached hydrogen (secondary N) is 1. The first-order valence-corrected chi connectivity index (χ1v) is 10.4. The van der Waals surface area contributed by atoms with Crippen molar-refractivity contribution in [2.45, 2.75) is 13.0 Å². The third kappa shape index (κ3) is 3.33. The van der Waals surface area contributed by atoms with E-state index in [2.05, 4.69) is 15.4 Å². The van der Waals surface area contributed by atoms with Crippen molar-refractivity contribution >= 4 is 33.9 Å². The fourth-order valence-corrected chi connectivity index (χ4v) is 4.09. The van der Waals surface area contributed by atoms with Gasteiger partial charge in [0.15, 0.2) is 5.65 Å². The summed E-state index contributed by atoms with van der Waals surface area (Å²) in [6.07, 6.45) is 3.07. The molecule has 1 N–H and O–H groups in total. The Morgan fingerprint density at radius 1 is 1.06 bits per heavy atom. The first kappa shape index (κ1) is 20.0. The molecule has 5 rings (SSSR count). The van der Waals surface area contributed by atoms with Crippen molar-refractivity contribution in [1.29, 1.82) is 0 Å². The van der Waals surface area contributed by atoms with Crippen LogP contribution >= 0.6 is 11.6 Å². The van der Waals surface area contributed by atoms with E-state index < -0.39 is 6.04 Å². The number of pyridine rings is 1. The number of rotatable bonds is 4. The molecule has 5 aromatic rings. The summed E-state index contributed by atoms with van der Waals surface area (Å²) < 4.78 is 3.07. The number of benzene rings is 2. The van der Waals surface area contributed by atoms with Crippen LogP contribution in [0.4, 0.5) is 0 Å². The minimum Gasteiger partial charge on any atom is -0.343 e. The highest BCUT2D eigenvalue weighted by atomic mass is 35.5. The maximum atomic E-state index is 13.5. The predicted octanol–water partition coefficient (Wildman–Crippen LogP) is 4.18. The molecule has 0 saturated heterocycles. The van der Waals surface area contributed by atoms with Crippen LogP contribution in [0, 0.1) is 0 Å². The van der Waals surface area contributed by atoms with E-state index in [4.69, 9.17) is 11.6 Å². The second kappa shape index (κ2) is 7.94. The molecule has 0 fully saturated rings. The first-order valence-electron chi connectivity index (χ1n) is 10.0. The van der Waals surface area contributed by atoms with Crippen molar-refractivity contribution < 1.29 is 4.79 Å². The van der Waals surface area contributed by atoms with Gasteiger partial charge in [-0.05, 0) is 48.7 Å². The Morgan fingerprint density at radius 3 is 2.69 bits per heavy atom. The molecule has 7 nitrogen and oxygen atoms in total. The van der Waals surface area contributed by atoms with Gasteiger partial charge in [-0.1, -0.05) is 41.9 Å². The number of fused-ring (bicyclic) bond motifs is 2. The summed E-state index contributed by atoms with van der Waals surface area (Å²) in [5, 5.41) is 8.70. The van der Waals surface area contributed by atoms with Crippen molar-refractivity contribution in [3.8, 4) is 5.69 Å². The Bertz CT molecular complexity index is 1520. The number of hydrogen-bond donors (Lipinski definition) is 1. The minimum atomic E-state index is -0.493. The lowest BCUT2D eigenvalue weighted by Crippen LogP contribution is -2.32. The van der Waals surface area contributed by atoms with Crippen LogP contribution in [0.1, 0.15) is 29.1 Å². The summed E-state index contributed by atoms with van der Waals surface area (Å²) in [6, 6.07) is 19.5. The van der Waals surface area contributed by atoms with Crippen LogP contribution in [-0.2, 0) is 0 Å². The van der Waals surface area contributed by atoms with E-state index in [0.717, 1.165) is 0 Å². The third-order valence-corrected chi connectivity index (χ3v) is 5.66. The average Bonchev–Trinajstić information content (AvgIpc) is 3.24. The maximum absolute atomic E-state index is 13.5. The monoisotopic (exact) mass is 443 g/mol. The fourth-order valence-electron chi connectivity index (χ4n) is 3.83. The quantitative estimate of drug-likeness (QED) is 0.452. The van der Waals surface area contributed by atoms with E-state index in [1.165, 1.54) is 10.7 Å². The molecule has 158 valence electrons. The molecule has 1 amide bonds. The molecule has 0 radical (unpaired) electrons. The standard InChI is InChI=1S/C24H18ClN5O2/c1-15(28-23(31)20-14-26-21-11-6-12-27-30(20)21)19-13-16-7-5-10-18(25)22(16)24(32)29(19)17-8-3-2-4-9-17/h2-15H,1H3,(H,28,31)/t15-/m0/s1. The van der Waals surface area contributed by atoms with Gasteiger partial charge in [-0.2, -0.15) is 5.10 Å². The molecule has 0 spiro atoms. The summed E-state index contributed by atoms with van der Waals surface area (Å²) >= 11 is 6.36. The molecule has 2 aromatic carbocycles. The second-order valence-electron chi connectivity index (χ2n) is 7.38. The summed E-state index contributed by atoms with van der Waals surface area (Å²) in [5.74, 6) is -0.345. The normalized spacial score (nSPS) is 12.2. The number of halogens is 1. The molecule has 0 saturated carbocycles. The minimum absolute atomic E-state index is 0.244. The van der Waals surface area contributed by atoms with Gasteiger partial charge in [0.25, 0.3) is 11.5 Å². The molecule has 3 aromatic heterocycles. The van der Waals surface area contributed by atoms with E-state index in [1.807, 2.05) is 49.4 Å². The maximum Gasteiger partial charge on any atom is 0.272 e. The number of imidazole rings is 1. The molecule has 8 heteroatoms. The molecular weight excluding hydrogens is 426 g/mol. The lowest BCUT2D eigenvalue weighted by Gasteiger charge is -2.21. The van der Waals surface area contributed by atoms with Crippen molar-refractivity contribution in [2.75, 3.05) is 0 Å². The Kier molecular flexibility index (Phi) is 4.95. The average molecular weight is 444 g/mol. The van der Waals surface area contributed by atoms with E-state index in [9.17, 15) is 9.59 Å². The number of carbonyl (C=O) groups excluding carboxylic acids is 1. The summed E-state index contributed by atoms with van der Waals surface area (Å²) in [4.78, 5) is 30.8. The van der Waals surface area contributed by atoms with Gasteiger partial charge < -0.3 is 5.32 Å². The zero-order valence-corrected chi connectivity index (χ0v) is 17.8. The molecule has 0 aliphatic carbocycles. The van der Waals surface area contributed by atoms with E-state index in [1.54, 1.807) is 35.0 Å². The van der Waals surface area contributed by atoms with Gasteiger partial charge in [-0.15, -0.1) is 0 Å². The lowest BCUT2D eigenvalue weighted by molar-refractivity contribution is 0.0931. The van der Waals surface area contributed by atoms with Crippen LogP contribution in [0.3, 0.4) is 0 Å². The second-order valence-corrected chi connectivity index (χ2v) is 7.79. The molecule has 3 heterocycles. The Balaban J connectivity index is 1.62. The highest BCUT2D eigenvalue weighted by Gasteiger charge is 2.21. The SMILES string of the molecule is C[C@H](NC(=O)c1cnc2cccnn12)c1cc2cccc(Cl)c2c(=O)n1-c1ccccc1. The Morgan fingerprint density at radius 2 is 1.88 bits per heavy atom. The summed E-state index contributed by atoms with van der Waals surface area (Å²) in [7, 11) is 0. The number of para-hydroxylation sites is 1. The lowest BCUT2D eigenvalue weighted by atomic mass is 10.1. The third-order valence-electron chi connectivity index (χ3n) is 5.34. The predicted molar refractivity (Wildman–Crippen MR) is 123 cm³/mol. The Labute approximate surface area is 187 Å². The number of nitrogens with zero attached hydrogens (tertiary/aromatic N) is 4. The van der Waals surface area contributed by atoms with Gasteiger partial charge in [0.05, 0.1) is 22.6 Å². The summed E-state index contributed by atoms with van der Waals surface area (Å²) in [5.41, 5.74) is 1.96. The largest absolute Gasteiger partial charge is 0.343 e. The van der Waals surface area contributed by atoms with Gasteiger partial charge in [0.1, 0.15) is 5.69 Å².